The Morgan fingerprint density at radius 3 is 2.48 bits per heavy atom. The predicted molar refractivity (Wildman–Crippen MR) is 118 cm³/mol. The van der Waals surface area contributed by atoms with Gasteiger partial charge in [0.15, 0.2) is 0 Å². The molecular weight excluding hydrogens is 440 g/mol. The smallest absolute Gasteiger partial charge is 0.253 e. The van der Waals surface area contributed by atoms with E-state index in [-0.39, 0.29) is 23.5 Å². The number of ether oxygens (including phenoxy) is 1. The Morgan fingerprint density at radius 1 is 1.13 bits per heavy atom. The summed E-state index contributed by atoms with van der Waals surface area (Å²) in [7, 11) is -3.63. The highest BCUT2D eigenvalue weighted by Crippen LogP contribution is 2.18. The van der Waals surface area contributed by atoms with Crippen molar-refractivity contribution in [2.75, 3.05) is 44.2 Å². The van der Waals surface area contributed by atoms with E-state index in [9.17, 15) is 13.2 Å². The fraction of sp³-hybridized carbons (Fsp3) is 0.429. The fourth-order valence-electron chi connectivity index (χ4n) is 3.74. The number of nitrogens with zero attached hydrogens (tertiary/aromatic N) is 3. The van der Waals surface area contributed by atoms with Crippen LogP contribution in [-0.2, 0) is 14.8 Å². The lowest BCUT2D eigenvalue weighted by molar-refractivity contribution is 0.0746. The third kappa shape index (κ3) is 5.35. The van der Waals surface area contributed by atoms with Crippen molar-refractivity contribution in [2.24, 2.45) is 0 Å². The quantitative estimate of drug-likeness (QED) is 0.704. The van der Waals surface area contributed by atoms with E-state index in [1.165, 1.54) is 12.1 Å². The zero-order valence-electron chi connectivity index (χ0n) is 17.0. The summed E-state index contributed by atoms with van der Waals surface area (Å²) in [4.78, 5) is 21.2. The molecule has 0 saturated carbocycles. The van der Waals surface area contributed by atoms with Gasteiger partial charge in [-0.2, -0.15) is 0 Å². The minimum atomic E-state index is -3.63. The molecule has 8 nitrogen and oxygen atoms in total. The third-order valence-electron chi connectivity index (χ3n) is 5.54. The van der Waals surface area contributed by atoms with Crippen LogP contribution in [0.15, 0.2) is 47.5 Å². The summed E-state index contributed by atoms with van der Waals surface area (Å²) in [5.41, 5.74) is 0.469. The summed E-state index contributed by atoms with van der Waals surface area (Å²) < 4.78 is 33.0. The molecule has 1 N–H and O–H groups in total. The van der Waals surface area contributed by atoms with Crippen LogP contribution in [0.25, 0.3) is 0 Å². The highest BCUT2D eigenvalue weighted by atomic mass is 35.5. The molecule has 2 aromatic rings. The summed E-state index contributed by atoms with van der Waals surface area (Å²) in [6.07, 6.45) is 3.35. The molecule has 3 heterocycles. The SMILES string of the molecule is O=C(c1ccc(S(=O)(=O)NCC2CCCO2)cc1)N1CCN(c2ccc(Cl)cn2)CC1. The van der Waals surface area contributed by atoms with Crippen molar-refractivity contribution in [3.63, 3.8) is 0 Å². The summed E-state index contributed by atoms with van der Waals surface area (Å²) in [5.74, 6) is 0.724. The number of sulfonamides is 1. The molecule has 2 saturated heterocycles. The maximum Gasteiger partial charge on any atom is 0.253 e. The number of rotatable bonds is 6. The molecule has 1 atom stereocenters. The summed E-state index contributed by atoms with van der Waals surface area (Å²) in [6, 6.07) is 9.74. The summed E-state index contributed by atoms with van der Waals surface area (Å²) in [5, 5.41) is 0.588. The van der Waals surface area contributed by atoms with E-state index in [1.54, 1.807) is 29.3 Å². The molecule has 1 aromatic heterocycles. The minimum Gasteiger partial charge on any atom is -0.377 e. The van der Waals surface area contributed by atoms with E-state index in [2.05, 4.69) is 14.6 Å². The number of hydrogen-bond donors (Lipinski definition) is 1. The minimum absolute atomic E-state index is 0.0719. The Bertz CT molecular complexity index is 1000. The van der Waals surface area contributed by atoms with E-state index in [4.69, 9.17) is 16.3 Å². The monoisotopic (exact) mass is 464 g/mol. The largest absolute Gasteiger partial charge is 0.377 e. The predicted octanol–water partition coefficient (Wildman–Crippen LogP) is 2.15. The number of amides is 1. The molecule has 0 spiro atoms. The van der Waals surface area contributed by atoms with Crippen LogP contribution < -0.4 is 9.62 Å². The fourth-order valence-corrected chi connectivity index (χ4v) is 4.92. The Balaban J connectivity index is 1.33. The maximum atomic E-state index is 12.8. The second-order valence-electron chi connectivity index (χ2n) is 7.63. The molecule has 0 aliphatic carbocycles. The van der Waals surface area contributed by atoms with E-state index in [0.29, 0.717) is 43.4 Å². The summed E-state index contributed by atoms with van der Waals surface area (Å²) in [6.45, 7) is 3.39. The van der Waals surface area contributed by atoms with Gasteiger partial charge >= 0.3 is 0 Å². The van der Waals surface area contributed by atoms with Crippen molar-refractivity contribution in [3.8, 4) is 0 Å². The first-order chi connectivity index (χ1) is 14.9. The lowest BCUT2D eigenvalue weighted by Crippen LogP contribution is -2.49. The van der Waals surface area contributed by atoms with Crippen molar-refractivity contribution in [1.82, 2.24) is 14.6 Å². The zero-order valence-corrected chi connectivity index (χ0v) is 18.6. The number of carbonyl (C=O) groups excluding carboxylic acids is 1. The average molecular weight is 465 g/mol. The van der Waals surface area contributed by atoms with Gasteiger partial charge in [-0.1, -0.05) is 11.6 Å². The number of halogens is 1. The number of anilines is 1. The van der Waals surface area contributed by atoms with E-state index in [1.807, 2.05) is 6.07 Å². The van der Waals surface area contributed by atoms with Gasteiger partial charge in [-0.25, -0.2) is 18.1 Å². The standard InChI is InChI=1S/C21H25ClN4O4S/c22-17-5-8-20(23-14-17)25-9-11-26(12-10-25)21(27)16-3-6-19(7-4-16)31(28,29)24-15-18-2-1-13-30-18/h3-8,14,18,24H,1-2,9-13,15H2. The summed E-state index contributed by atoms with van der Waals surface area (Å²) >= 11 is 5.89. The number of benzene rings is 1. The molecule has 2 fully saturated rings. The maximum absolute atomic E-state index is 12.8. The molecule has 2 aliphatic heterocycles. The molecule has 0 bridgehead atoms. The second-order valence-corrected chi connectivity index (χ2v) is 9.83. The molecule has 1 amide bonds. The van der Waals surface area contributed by atoms with Gasteiger partial charge in [-0.3, -0.25) is 4.79 Å². The van der Waals surface area contributed by atoms with Crippen LogP contribution in [0.3, 0.4) is 0 Å². The highest BCUT2D eigenvalue weighted by molar-refractivity contribution is 7.89. The highest BCUT2D eigenvalue weighted by Gasteiger charge is 2.24. The van der Waals surface area contributed by atoms with Gasteiger partial charge in [0.1, 0.15) is 5.82 Å². The van der Waals surface area contributed by atoms with Gasteiger partial charge in [0.25, 0.3) is 5.91 Å². The number of carbonyl (C=O) groups is 1. The topological polar surface area (TPSA) is 91.8 Å². The van der Waals surface area contributed by atoms with Gasteiger partial charge < -0.3 is 14.5 Å². The van der Waals surface area contributed by atoms with Crippen LogP contribution in [0, 0.1) is 0 Å². The van der Waals surface area contributed by atoms with Crippen molar-refractivity contribution in [3.05, 3.63) is 53.2 Å². The Morgan fingerprint density at radius 2 is 1.87 bits per heavy atom. The van der Waals surface area contributed by atoms with Crippen molar-refractivity contribution in [1.29, 1.82) is 0 Å². The van der Waals surface area contributed by atoms with Gasteiger partial charge in [0.05, 0.1) is 16.0 Å². The number of pyridine rings is 1. The molecule has 0 radical (unpaired) electrons. The van der Waals surface area contributed by atoms with Crippen molar-refractivity contribution < 1.29 is 17.9 Å². The average Bonchev–Trinajstić information content (AvgIpc) is 3.32. The van der Waals surface area contributed by atoms with Gasteiger partial charge in [0, 0.05) is 51.1 Å². The van der Waals surface area contributed by atoms with Crippen LogP contribution >= 0.6 is 11.6 Å². The van der Waals surface area contributed by atoms with Crippen molar-refractivity contribution >= 4 is 33.3 Å². The lowest BCUT2D eigenvalue weighted by Gasteiger charge is -2.35. The van der Waals surface area contributed by atoms with Crippen molar-refractivity contribution in [2.45, 2.75) is 23.8 Å². The second kappa shape index (κ2) is 9.52. The Kier molecular flexibility index (Phi) is 6.76. The molecule has 4 rings (SSSR count). The molecule has 10 heteroatoms. The van der Waals surface area contributed by atoms with Gasteiger partial charge in [-0.15, -0.1) is 0 Å². The molecular formula is C21H25ClN4O4S. The lowest BCUT2D eigenvalue weighted by atomic mass is 10.2. The van der Waals surface area contributed by atoms with Crippen LogP contribution in [0.5, 0.6) is 0 Å². The molecule has 31 heavy (non-hydrogen) atoms. The number of piperazine rings is 1. The molecule has 166 valence electrons. The van der Waals surface area contributed by atoms with Crippen LogP contribution in [-0.4, -0.2) is 69.6 Å². The number of hydrogen-bond acceptors (Lipinski definition) is 6. The van der Waals surface area contributed by atoms with Gasteiger partial charge in [0.2, 0.25) is 10.0 Å². The van der Waals surface area contributed by atoms with E-state index < -0.39 is 10.0 Å². The molecule has 1 unspecified atom stereocenters. The number of aromatic nitrogens is 1. The normalized spacial score (nSPS) is 19.6. The first kappa shape index (κ1) is 22.0. The van der Waals surface area contributed by atoms with Crippen LogP contribution in [0.2, 0.25) is 5.02 Å². The molecule has 2 aliphatic rings. The zero-order chi connectivity index (χ0) is 21.8. The third-order valence-corrected chi connectivity index (χ3v) is 7.20. The Hall–Kier alpha value is -2.20. The first-order valence-corrected chi connectivity index (χ1v) is 12.2. The van der Waals surface area contributed by atoms with E-state index >= 15 is 0 Å². The Labute approximate surface area is 187 Å². The van der Waals surface area contributed by atoms with Crippen LogP contribution in [0.1, 0.15) is 23.2 Å². The van der Waals surface area contributed by atoms with E-state index in [0.717, 1.165) is 18.7 Å². The van der Waals surface area contributed by atoms with Gasteiger partial charge in [-0.05, 0) is 49.2 Å². The number of nitrogens with one attached hydrogen (secondary N) is 1. The first-order valence-electron chi connectivity index (χ1n) is 10.3. The van der Waals surface area contributed by atoms with Crippen LogP contribution in [0.4, 0.5) is 5.82 Å². The molecule has 1 aromatic carbocycles.